The number of ether oxygens (including phenoxy) is 2. The topological polar surface area (TPSA) is 76.2 Å². The molecule has 2 aromatic heterocycles. The maximum atomic E-state index is 12.5. The van der Waals surface area contributed by atoms with Gasteiger partial charge in [0.2, 0.25) is 0 Å². The van der Waals surface area contributed by atoms with Gasteiger partial charge in [0.1, 0.15) is 17.2 Å². The van der Waals surface area contributed by atoms with Gasteiger partial charge in [0, 0.05) is 10.9 Å². The molecule has 2 heterocycles. The monoisotopic (exact) mass is 393 g/mol. The van der Waals surface area contributed by atoms with E-state index in [1.54, 1.807) is 26.2 Å². The van der Waals surface area contributed by atoms with Crippen molar-refractivity contribution >= 4 is 16.8 Å². The Morgan fingerprint density at radius 2 is 1.96 bits per heavy atom. The zero-order chi connectivity index (χ0) is 20.3. The second kappa shape index (κ2) is 7.79. The summed E-state index contributed by atoms with van der Waals surface area (Å²) in [5.41, 5.74) is 1.66. The van der Waals surface area contributed by atoms with Crippen molar-refractivity contribution in [2.24, 2.45) is 0 Å². The molecule has 0 aliphatic heterocycles. The van der Waals surface area contributed by atoms with Crippen LogP contribution in [0.5, 0.6) is 11.5 Å². The van der Waals surface area contributed by atoms with Crippen LogP contribution in [0.4, 0.5) is 13.2 Å². The number of hydrogen-bond donors (Lipinski definition) is 2. The molecule has 0 radical (unpaired) electrons. The smallest absolute Gasteiger partial charge is 0.422 e. The Labute approximate surface area is 158 Å². The van der Waals surface area contributed by atoms with Gasteiger partial charge in [-0.3, -0.25) is 9.78 Å². The lowest BCUT2D eigenvalue weighted by atomic mass is 10.2. The molecule has 148 valence electrons. The van der Waals surface area contributed by atoms with Crippen molar-refractivity contribution in [3.05, 3.63) is 54.0 Å². The number of alkyl halides is 3. The molecule has 0 saturated carbocycles. The van der Waals surface area contributed by atoms with Crippen molar-refractivity contribution in [3.63, 3.8) is 0 Å². The summed E-state index contributed by atoms with van der Waals surface area (Å²) < 4.78 is 46.3. The molecule has 0 fully saturated rings. The number of aromatic amines is 1. The largest absolute Gasteiger partial charge is 0.497 e. The SMILES string of the molecule is COc1ccc2[nH]c(C(=O)NC(C)c3ccc(OCC(F)(F)F)cn3)cc2c1. The Balaban J connectivity index is 1.65. The number of methoxy groups -OCH3 is 1. The fourth-order valence-electron chi connectivity index (χ4n) is 2.61. The van der Waals surface area contributed by atoms with Gasteiger partial charge in [-0.1, -0.05) is 0 Å². The van der Waals surface area contributed by atoms with Gasteiger partial charge in [-0.15, -0.1) is 0 Å². The van der Waals surface area contributed by atoms with Crippen molar-refractivity contribution in [1.29, 1.82) is 0 Å². The Kier molecular flexibility index (Phi) is 5.43. The second-order valence-corrected chi connectivity index (χ2v) is 6.15. The van der Waals surface area contributed by atoms with Crippen LogP contribution < -0.4 is 14.8 Å². The molecule has 1 amide bonds. The second-order valence-electron chi connectivity index (χ2n) is 6.15. The predicted molar refractivity (Wildman–Crippen MR) is 96.5 cm³/mol. The number of carbonyl (C=O) groups excluding carboxylic acids is 1. The number of hydrogen-bond acceptors (Lipinski definition) is 4. The highest BCUT2D eigenvalue weighted by atomic mass is 19.4. The highest BCUT2D eigenvalue weighted by molar-refractivity contribution is 5.98. The highest BCUT2D eigenvalue weighted by Gasteiger charge is 2.28. The molecule has 0 spiro atoms. The van der Waals surface area contributed by atoms with Crippen LogP contribution in [0.2, 0.25) is 0 Å². The summed E-state index contributed by atoms with van der Waals surface area (Å²) >= 11 is 0. The minimum absolute atomic E-state index is 0.00386. The van der Waals surface area contributed by atoms with Crippen LogP contribution in [-0.4, -0.2) is 35.8 Å². The van der Waals surface area contributed by atoms with E-state index >= 15 is 0 Å². The molecular weight excluding hydrogens is 375 g/mol. The number of halogens is 3. The first-order valence-corrected chi connectivity index (χ1v) is 8.38. The summed E-state index contributed by atoms with van der Waals surface area (Å²) in [6.07, 6.45) is -3.22. The van der Waals surface area contributed by atoms with Crippen molar-refractivity contribution in [1.82, 2.24) is 15.3 Å². The van der Waals surface area contributed by atoms with Crippen LogP contribution >= 0.6 is 0 Å². The summed E-state index contributed by atoms with van der Waals surface area (Å²) in [4.78, 5) is 19.6. The number of aromatic nitrogens is 2. The van der Waals surface area contributed by atoms with E-state index in [-0.39, 0.29) is 11.7 Å². The van der Waals surface area contributed by atoms with E-state index in [1.807, 2.05) is 12.1 Å². The first kappa shape index (κ1) is 19.5. The van der Waals surface area contributed by atoms with Gasteiger partial charge in [-0.05, 0) is 43.3 Å². The summed E-state index contributed by atoms with van der Waals surface area (Å²) in [7, 11) is 1.57. The molecule has 0 bridgehead atoms. The maximum absolute atomic E-state index is 12.5. The average Bonchev–Trinajstić information content (AvgIpc) is 3.09. The van der Waals surface area contributed by atoms with Crippen LogP contribution in [0.25, 0.3) is 10.9 Å². The first-order chi connectivity index (χ1) is 13.2. The van der Waals surface area contributed by atoms with E-state index in [0.29, 0.717) is 17.1 Å². The van der Waals surface area contributed by atoms with Crippen molar-refractivity contribution in [2.75, 3.05) is 13.7 Å². The van der Waals surface area contributed by atoms with Crippen LogP contribution in [0.15, 0.2) is 42.6 Å². The minimum Gasteiger partial charge on any atom is -0.497 e. The van der Waals surface area contributed by atoms with Gasteiger partial charge in [0.15, 0.2) is 6.61 Å². The number of carbonyl (C=O) groups is 1. The quantitative estimate of drug-likeness (QED) is 0.664. The number of pyridine rings is 1. The molecule has 1 atom stereocenters. The van der Waals surface area contributed by atoms with Gasteiger partial charge in [0.25, 0.3) is 5.91 Å². The summed E-state index contributed by atoms with van der Waals surface area (Å²) in [6, 6.07) is 9.56. The number of fused-ring (bicyclic) bond motifs is 1. The predicted octanol–water partition coefficient (Wildman–Crippen LogP) is 4.00. The fraction of sp³-hybridized carbons (Fsp3) is 0.263. The lowest BCUT2D eigenvalue weighted by molar-refractivity contribution is -0.153. The third-order valence-corrected chi connectivity index (χ3v) is 4.03. The Morgan fingerprint density at radius 1 is 1.21 bits per heavy atom. The molecule has 28 heavy (non-hydrogen) atoms. The molecular formula is C19H18F3N3O3. The third-order valence-electron chi connectivity index (χ3n) is 4.03. The number of nitrogens with one attached hydrogen (secondary N) is 2. The van der Waals surface area contributed by atoms with Crippen LogP contribution in [-0.2, 0) is 0 Å². The molecule has 1 aromatic carbocycles. The number of H-pyrrole nitrogens is 1. The third kappa shape index (κ3) is 4.73. The van der Waals surface area contributed by atoms with Gasteiger partial charge in [-0.2, -0.15) is 13.2 Å². The van der Waals surface area contributed by atoms with E-state index in [1.165, 1.54) is 18.3 Å². The fourth-order valence-corrected chi connectivity index (χ4v) is 2.61. The van der Waals surface area contributed by atoms with Gasteiger partial charge < -0.3 is 19.8 Å². The summed E-state index contributed by atoms with van der Waals surface area (Å²) in [6.45, 7) is 0.341. The maximum Gasteiger partial charge on any atom is 0.422 e. The van der Waals surface area contributed by atoms with Crippen LogP contribution in [0, 0.1) is 0 Å². The number of rotatable bonds is 6. The van der Waals surface area contributed by atoms with Crippen LogP contribution in [0.1, 0.15) is 29.1 Å². The van der Waals surface area contributed by atoms with E-state index in [0.717, 1.165) is 10.9 Å². The van der Waals surface area contributed by atoms with Crippen molar-refractivity contribution in [2.45, 2.75) is 19.1 Å². The Morgan fingerprint density at radius 3 is 2.61 bits per heavy atom. The van der Waals surface area contributed by atoms with E-state index in [2.05, 4.69) is 20.0 Å². The molecule has 3 aromatic rings. The molecule has 2 N–H and O–H groups in total. The first-order valence-electron chi connectivity index (χ1n) is 8.38. The number of benzene rings is 1. The number of nitrogens with zero attached hydrogens (tertiary/aromatic N) is 1. The molecule has 0 aliphatic rings. The van der Waals surface area contributed by atoms with E-state index < -0.39 is 18.8 Å². The summed E-state index contributed by atoms with van der Waals surface area (Å²) in [5, 5.41) is 3.63. The lowest BCUT2D eigenvalue weighted by Crippen LogP contribution is -2.27. The average molecular weight is 393 g/mol. The molecule has 0 aliphatic carbocycles. The molecule has 1 unspecified atom stereocenters. The standard InChI is InChI=1S/C19H18F3N3O3/c1-11(15-5-4-14(9-23-15)28-10-19(20,21)22)24-18(26)17-8-12-7-13(27-2)3-6-16(12)25-17/h3-9,11,25H,10H2,1-2H3,(H,24,26). The van der Waals surface area contributed by atoms with Gasteiger partial charge >= 0.3 is 6.18 Å². The molecule has 9 heteroatoms. The lowest BCUT2D eigenvalue weighted by Gasteiger charge is -2.14. The van der Waals surface area contributed by atoms with Crippen molar-refractivity contribution in [3.8, 4) is 11.5 Å². The molecule has 0 saturated heterocycles. The zero-order valence-corrected chi connectivity index (χ0v) is 15.1. The van der Waals surface area contributed by atoms with E-state index in [4.69, 9.17) is 4.74 Å². The summed E-state index contributed by atoms with van der Waals surface area (Å²) in [5.74, 6) is 0.356. The zero-order valence-electron chi connectivity index (χ0n) is 15.1. The van der Waals surface area contributed by atoms with E-state index in [9.17, 15) is 18.0 Å². The van der Waals surface area contributed by atoms with Gasteiger partial charge in [-0.25, -0.2) is 0 Å². The highest BCUT2D eigenvalue weighted by Crippen LogP contribution is 2.22. The van der Waals surface area contributed by atoms with Crippen molar-refractivity contribution < 1.29 is 27.4 Å². The normalized spacial score (nSPS) is 12.6. The Bertz CT molecular complexity index is 968. The Hall–Kier alpha value is -3.23. The number of amides is 1. The minimum atomic E-state index is -4.41. The molecule has 3 rings (SSSR count). The van der Waals surface area contributed by atoms with Gasteiger partial charge in [0.05, 0.1) is 25.0 Å². The van der Waals surface area contributed by atoms with Crippen LogP contribution in [0.3, 0.4) is 0 Å². The molecule has 6 nitrogen and oxygen atoms in total.